The first kappa shape index (κ1) is 20.8. The van der Waals surface area contributed by atoms with Crippen molar-refractivity contribution in [2.75, 3.05) is 33.9 Å². The second-order valence-electron chi connectivity index (χ2n) is 6.23. The molecule has 2 rings (SSSR count). The van der Waals surface area contributed by atoms with Crippen molar-refractivity contribution in [2.24, 2.45) is 4.99 Å². The number of benzene rings is 1. The molecule has 27 heavy (non-hydrogen) atoms. The van der Waals surface area contributed by atoms with E-state index in [1.54, 1.807) is 14.2 Å². The van der Waals surface area contributed by atoms with Crippen LogP contribution in [0.15, 0.2) is 35.3 Å². The van der Waals surface area contributed by atoms with E-state index in [-0.39, 0.29) is 0 Å². The maximum absolute atomic E-state index is 5.70. The lowest BCUT2D eigenvalue weighted by atomic mass is 10.2. The Morgan fingerprint density at radius 1 is 1.15 bits per heavy atom. The molecule has 0 saturated carbocycles. The summed E-state index contributed by atoms with van der Waals surface area (Å²) in [5.74, 6) is 1.68. The second kappa shape index (κ2) is 11.2. The monoisotopic (exact) mass is 373 g/mol. The molecule has 0 radical (unpaired) electrons. The first-order chi connectivity index (χ1) is 13.2. The summed E-state index contributed by atoms with van der Waals surface area (Å²) < 4.78 is 12.8. The van der Waals surface area contributed by atoms with E-state index in [0.717, 1.165) is 42.6 Å². The molecule has 0 spiro atoms. The minimum absolute atomic E-state index is 0.656. The van der Waals surface area contributed by atoms with E-state index in [2.05, 4.69) is 27.6 Å². The van der Waals surface area contributed by atoms with Gasteiger partial charge in [-0.3, -0.25) is 9.67 Å². The minimum atomic E-state index is 0.656. The van der Waals surface area contributed by atoms with Gasteiger partial charge in [0.25, 0.3) is 0 Å². The van der Waals surface area contributed by atoms with Crippen molar-refractivity contribution in [2.45, 2.75) is 33.4 Å². The molecule has 0 aliphatic heterocycles. The number of aryl methyl sites for hydroxylation is 1. The number of hydrogen-bond donors (Lipinski definition) is 2. The number of guanidine groups is 1. The van der Waals surface area contributed by atoms with Crippen LogP contribution in [0.4, 0.5) is 0 Å². The molecule has 148 valence electrons. The van der Waals surface area contributed by atoms with Gasteiger partial charge in [0.05, 0.1) is 25.5 Å². The maximum Gasteiger partial charge on any atom is 0.191 e. The van der Waals surface area contributed by atoms with Crippen LogP contribution in [-0.2, 0) is 17.8 Å². The molecule has 0 amide bonds. The second-order valence-corrected chi connectivity index (χ2v) is 6.23. The molecule has 2 aromatic rings. The average Bonchev–Trinajstić information content (AvgIpc) is 2.96. The standard InChI is InChI=1S/C20H31N5O2/c1-16-19(17(2)25(24-16)12-14-26-4)15-23-20(21-3)22-11-8-13-27-18-9-6-5-7-10-18/h5-7,9-10H,8,11-15H2,1-4H3,(H2,21,22,23). The molecule has 1 aromatic carbocycles. The fourth-order valence-electron chi connectivity index (χ4n) is 2.76. The van der Waals surface area contributed by atoms with Gasteiger partial charge in [0.15, 0.2) is 5.96 Å². The van der Waals surface area contributed by atoms with Crippen LogP contribution in [0.3, 0.4) is 0 Å². The van der Waals surface area contributed by atoms with Crippen LogP contribution >= 0.6 is 0 Å². The number of aliphatic imine (C=N–C) groups is 1. The Hall–Kier alpha value is -2.54. The van der Waals surface area contributed by atoms with Crippen LogP contribution in [0.1, 0.15) is 23.4 Å². The van der Waals surface area contributed by atoms with Gasteiger partial charge in [-0.15, -0.1) is 0 Å². The number of rotatable bonds is 10. The molecule has 0 saturated heterocycles. The van der Waals surface area contributed by atoms with Crippen molar-refractivity contribution in [3.8, 4) is 5.75 Å². The number of nitrogens with one attached hydrogen (secondary N) is 2. The molecule has 1 aromatic heterocycles. The predicted octanol–water partition coefficient (Wildman–Crippen LogP) is 2.28. The lowest BCUT2D eigenvalue weighted by Crippen LogP contribution is -2.37. The molecular formula is C20H31N5O2. The summed E-state index contributed by atoms with van der Waals surface area (Å²) in [4.78, 5) is 4.28. The summed E-state index contributed by atoms with van der Waals surface area (Å²) in [5.41, 5.74) is 3.38. The number of ether oxygens (including phenoxy) is 2. The Morgan fingerprint density at radius 3 is 2.63 bits per heavy atom. The van der Waals surface area contributed by atoms with Crippen LogP contribution in [0.25, 0.3) is 0 Å². The lowest BCUT2D eigenvalue weighted by Gasteiger charge is -2.12. The van der Waals surface area contributed by atoms with Crippen molar-refractivity contribution in [3.63, 3.8) is 0 Å². The van der Waals surface area contributed by atoms with E-state index in [4.69, 9.17) is 9.47 Å². The van der Waals surface area contributed by atoms with Crippen molar-refractivity contribution in [3.05, 3.63) is 47.3 Å². The van der Waals surface area contributed by atoms with E-state index in [9.17, 15) is 0 Å². The SMILES string of the molecule is CN=C(NCCCOc1ccccc1)NCc1c(C)nn(CCOC)c1C. The van der Waals surface area contributed by atoms with Gasteiger partial charge < -0.3 is 20.1 Å². The predicted molar refractivity (Wildman–Crippen MR) is 108 cm³/mol. The van der Waals surface area contributed by atoms with Gasteiger partial charge in [0.2, 0.25) is 0 Å². The van der Waals surface area contributed by atoms with Crippen molar-refractivity contribution in [1.29, 1.82) is 0 Å². The zero-order valence-electron chi connectivity index (χ0n) is 16.8. The van der Waals surface area contributed by atoms with Crippen molar-refractivity contribution >= 4 is 5.96 Å². The molecule has 7 nitrogen and oxygen atoms in total. The quantitative estimate of drug-likeness (QED) is 0.380. The van der Waals surface area contributed by atoms with Crippen molar-refractivity contribution in [1.82, 2.24) is 20.4 Å². The topological polar surface area (TPSA) is 72.7 Å². The number of methoxy groups -OCH3 is 1. The third-order valence-corrected chi connectivity index (χ3v) is 4.32. The van der Waals surface area contributed by atoms with Gasteiger partial charge >= 0.3 is 0 Å². The summed E-state index contributed by atoms with van der Waals surface area (Å²) in [6, 6.07) is 9.85. The fourth-order valence-corrected chi connectivity index (χ4v) is 2.76. The fraction of sp³-hybridized carbons (Fsp3) is 0.500. The van der Waals surface area contributed by atoms with Crippen molar-refractivity contribution < 1.29 is 9.47 Å². The molecule has 0 aliphatic rings. The zero-order chi connectivity index (χ0) is 19.5. The highest BCUT2D eigenvalue weighted by molar-refractivity contribution is 5.79. The summed E-state index contributed by atoms with van der Waals surface area (Å²) in [5, 5.41) is 11.3. The Bertz CT molecular complexity index is 713. The van der Waals surface area contributed by atoms with Gasteiger partial charge in [-0.2, -0.15) is 5.10 Å². The summed E-state index contributed by atoms with van der Waals surface area (Å²) in [7, 11) is 3.48. The first-order valence-corrected chi connectivity index (χ1v) is 9.30. The normalized spacial score (nSPS) is 11.5. The van der Waals surface area contributed by atoms with E-state index >= 15 is 0 Å². The summed E-state index contributed by atoms with van der Waals surface area (Å²) in [6.45, 7) is 7.68. The number of aromatic nitrogens is 2. The zero-order valence-corrected chi connectivity index (χ0v) is 16.8. The largest absolute Gasteiger partial charge is 0.494 e. The van der Waals surface area contributed by atoms with Gasteiger partial charge in [-0.1, -0.05) is 18.2 Å². The van der Waals surface area contributed by atoms with E-state index < -0.39 is 0 Å². The maximum atomic E-state index is 5.70. The Kier molecular flexibility index (Phi) is 8.64. The van der Waals surface area contributed by atoms with Gasteiger partial charge in [-0.05, 0) is 32.4 Å². The molecule has 0 aliphatic carbocycles. The molecule has 2 N–H and O–H groups in total. The summed E-state index contributed by atoms with van der Waals surface area (Å²) in [6.07, 6.45) is 0.891. The molecule has 1 heterocycles. The highest BCUT2D eigenvalue weighted by Gasteiger charge is 2.11. The summed E-state index contributed by atoms with van der Waals surface area (Å²) >= 11 is 0. The van der Waals surface area contributed by atoms with E-state index in [1.807, 2.05) is 41.9 Å². The van der Waals surface area contributed by atoms with E-state index in [0.29, 0.717) is 19.8 Å². The van der Waals surface area contributed by atoms with Crippen LogP contribution in [-0.4, -0.2) is 49.7 Å². The van der Waals surface area contributed by atoms with Crippen LogP contribution in [0.5, 0.6) is 5.75 Å². The minimum Gasteiger partial charge on any atom is -0.494 e. The van der Waals surface area contributed by atoms with Crippen LogP contribution < -0.4 is 15.4 Å². The molecule has 0 fully saturated rings. The smallest absolute Gasteiger partial charge is 0.191 e. The van der Waals surface area contributed by atoms with Crippen LogP contribution in [0, 0.1) is 13.8 Å². The third kappa shape index (κ3) is 6.60. The average molecular weight is 374 g/mol. The molecule has 0 bridgehead atoms. The highest BCUT2D eigenvalue weighted by Crippen LogP contribution is 2.12. The first-order valence-electron chi connectivity index (χ1n) is 9.30. The Labute approximate surface area is 161 Å². The van der Waals surface area contributed by atoms with Gasteiger partial charge in [0, 0.05) is 38.5 Å². The molecule has 7 heteroatoms. The lowest BCUT2D eigenvalue weighted by molar-refractivity contribution is 0.182. The number of nitrogens with zero attached hydrogens (tertiary/aromatic N) is 3. The van der Waals surface area contributed by atoms with E-state index in [1.165, 1.54) is 5.56 Å². The Morgan fingerprint density at radius 2 is 1.93 bits per heavy atom. The molecule has 0 unspecified atom stereocenters. The molecule has 0 atom stereocenters. The highest BCUT2D eigenvalue weighted by atomic mass is 16.5. The molecular weight excluding hydrogens is 342 g/mol. The number of para-hydroxylation sites is 1. The van der Waals surface area contributed by atoms with Crippen LogP contribution in [0.2, 0.25) is 0 Å². The van der Waals surface area contributed by atoms with Gasteiger partial charge in [-0.25, -0.2) is 0 Å². The Balaban J connectivity index is 1.73. The number of hydrogen-bond acceptors (Lipinski definition) is 4. The third-order valence-electron chi connectivity index (χ3n) is 4.32. The van der Waals surface area contributed by atoms with Gasteiger partial charge in [0.1, 0.15) is 5.75 Å².